The summed E-state index contributed by atoms with van der Waals surface area (Å²) < 4.78 is 13.5. The van der Waals surface area contributed by atoms with Crippen LogP contribution in [0.15, 0.2) is 18.2 Å². The highest BCUT2D eigenvalue weighted by Gasteiger charge is 2.19. The van der Waals surface area contributed by atoms with Crippen molar-refractivity contribution >= 4 is 27.8 Å². The van der Waals surface area contributed by atoms with Crippen molar-refractivity contribution in [2.45, 2.75) is 12.3 Å². The maximum Gasteiger partial charge on any atom is 0.335 e. The average Bonchev–Trinajstić information content (AvgIpc) is 2.64. The van der Waals surface area contributed by atoms with E-state index in [4.69, 9.17) is 5.11 Å². The van der Waals surface area contributed by atoms with Crippen LogP contribution in [0.5, 0.6) is 0 Å². The van der Waals surface area contributed by atoms with Crippen molar-refractivity contribution in [1.29, 1.82) is 0 Å². The fourth-order valence-electron chi connectivity index (χ4n) is 2.08. The van der Waals surface area contributed by atoms with E-state index in [9.17, 15) is 9.00 Å². The minimum Gasteiger partial charge on any atom is -0.478 e. The van der Waals surface area contributed by atoms with Crippen LogP contribution in [0.25, 0.3) is 11.0 Å². The second kappa shape index (κ2) is 3.66. The fraction of sp³-hybridized carbons (Fsp3) is 0.273. The highest BCUT2D eigenvalue weighted by molar-refractivity contribution is 7.84. The predicted molar refractivity (Wildman–Crippen MR) is 63.4 cm³/mol. The molecule has 2 heterocycles. The SMILES string of the molecule is O=C(O)c1ccc2c(c1)nc1n2CCS(=O)C1. The summed E-state index contributed by atoms with van der Waals surface area (Å²) in [6, 6.07) is 4.90. The Kier molecular flexibility index (Phi) is 2.25. The lowest BCUT2D eigenvalue weighted by molar-refractivity contribution is 0.0697. The molecule has 0 aliphatic carbocycles. The highest BCUT2D eigenvalue weighted by Crippen LogP contribution is 2.21. The molecule has 0 saturated heterocycles. The predicted octanol–water partition coefficient (Wildman–Crippen LogP) is 0.997. The van der Waals surface area contributed by atoms with E-state index in [0.29, 0.717) is 23.6 Å². The molecule has 0 amide bonds. The number of imidazole rings is 1. The van der Waals surface area contributed by atoms with Crippen LogP contribution in [-0.4, -0.2) is 30.6 Å². The summed E-state index contributed by atoms with van der Waals surface area (Å²) in [5.74, 6) is 0.921. The quantitative estimate of drug-likeness (QED) is 0.819. The summed E-state index contributed by atoms with van der Waals surface area (Å²) in [6.07, 6.45) is 0. The molecule has 6 heteroatoms. The fourth-order valence-corrected chi connectivity index (χ4v) is 3.12. The summed E-state index contributed by atoms with van der Waals surface area (Å²) in [4.78, 5) is 15.2. The summed E-state index contributed by atoms with van der Waals surface area (Å²) in [6.45, 7) is 0.685. The Bertz CT molecular complexity index is 647. The molecule has 1 atom stereocenters. The van der Waals surface area contributed by atoms with Gasteiger partial charge in [-0.15, -0.1) is 0 Å². The number of aromatic nitrogens is 2. The third-order valence-corrected chi connectivity index (χ3v) is 4.12. The van der Waals surface area contributed by atoms with Crippen molar-refractivity contribution in [3.05, 3.63) is 29.6 Å². The first-order valence-electron chi connectivity index (χ1n) is 5.22. The van der Waals surface area contributed by atoms with Crippen molar-refractivity contribution in [2.75, 3.05) is 5.75 Å². The number of carboxylic acid groups (broad SMARTS) is 1. The van der Waals surface area contributed by atoms with Crippen LogP contribution in [0, 0.1) is 0 Å². The van der Waals surface area contributed by atoms with E-state index in [1.807, 2.05) is 4.57 Å². The molecule has 1 aliphatic heterocycles. The minimum absolute atomic E-state index is 0.231. The number of benzene rings is 1. The highest BCUT2D eigenvalue weighted by atomic mass is 32.2. The molecule has 1 N–H and O–H groups in total. The minimum atomic E-state index is -0.957. The first-order valence-corrected chi connectivity index (χ1v) is 6.71. The number of nitrogens with zero attached hydrogens (tertiary/aromatic N) is 2. The number of rotatable bonds is 1. The largest absolute Gasteiger partial charge is 0.478 e. The van der Waals surface area contributed by atoms with E-state index in [1.165, 1.54) is 0 Å². The molecule has 0 fully saturated rings. The normalized spacial score (nSPS) is 19.2. The van der Waals surface area contributed by atoms with Gasteiger partial charge >= 0.3 is 5.97 Å². The Labute approximate surface area is 99.5 Å². The number of carbonyl (C=O) groups is 1. The topological polar surface area (TPSA) is 72.2 Å². The van der Waals surface area contributed by atoms with E-state index in [0.717, 1.165) is 11.3 Å². The number of fused-ring (bicyclic) bond motifs is 3. The van der Waals surface area contributed by atoms with Crippen molar-refractivity contribution in [3.8, 4) is 0 Å². The van der Waals surface area contributed by atoms with Crippen molar-refractivity contribution < 1.29 is 14.1 Å². The van der Waals surface area contributed by atoms with Gasteiger partial charge in [0, 0.05) is 23.1 Å². The third-order valence-electron chi connectivity index (χ3n) is 2.91. The van der Waals surface area contributed by atoms with Gasteiger partial charge in [0.1, 0.15) is 5.82 Å². The molecule has 0 saturated carbocycles. The van der Waals surface area contributed by atoms with Crippen LogP contribution in [0.1, 0.15) is 16.2 Å². The van der Waals surface area contributed by atoms with Gasteiger partial charge in [0.25, 0.3) is 0 Å². The maximum absolute atomic E-state index is 11.4. The molecule has 0 spiro atoms. The van der Waals surface area contributed by atoms with Crippen LogP contribution in [-0.2, 0) is 23.1 Å². The summed E-state index contributed by atoms with van der Waals surface area (Å²) in [5.41, 5.74) is 1.81. The summed E-state index contributed by atoms with van der Waals surface area (Å²) >= 11 is 0. The Morgan fingerprint density at radius 1 is 1.47 bits per heavy atom. The molecule has 0 radical (unpaired) electrons. The van der Waals surface area contributed by atoms with E-state index >= 15 is 0 Å². The number of hydrogen-bond donors (Lipinski definition) is 1. The molecule has 1 aromatic heterocycles. The molecular formula is C11H10N2O3S. The molecule has 2 aromatic rings. The molecule has 1 aromatic carbocycles. The zero-order chi connectivity index (χ0) is 12.0. The van der Waals surface area contributed by atoms with Gasteiger partial charge < -0.3 is 9.67 Å². The van der Waals surface area contributed by atoms with Crippen molar-refractivity contribution in [3.63, 3.8) is 0 Å². The average molecular weight is 250 g/mol. The molecule has 88 valence electrons. The second-order valence-electron chi connectivity index (χ2n) is 3.98. The number of carboxylic acids is 1. The van der Waals surface area contributed by atoms with Crippen LogP contribution < -0.4 is 0 Å². The Balaban J connectivity index is 2.20. The Hall–Kier alpha value is -1.69. The van der Waals surface area contributed by atoms with E-state index in [1.54, 1.807) is 18.2 Å². The zero-order valence-corrected chi connectivity index (χ0v) is 9.74. The molecule has 3 rings (SSSR count). The number of hydrogen-bond acceptors (Lipinski definition) is 3. The lowest BCUT2D eigenvalue weighted by Crippen LogP contribution is -2.19. The van der Waals surface area contributed by atoms with Crippen LogP contribution in [0.3, 0.4) is 0 Å². The van der Waals surface area contributed by atoms with Gasteiger partial charge in [-0.2, -0.15) is 0 Å². The molecular weight excluding hydrogens is 240 g/mol. The first-order chi connectivity index (χ1) is 8.15. The second-order valence-corrected chi connectivity index (χ2v) is 5.55. The lowest BCUT2D eigenvalue weighted by Gasteiger charge is -2.13. The number of aromatic carboxylic acids is 1. The number of aryl methyl sites for hydroxylation is 1. The van der Waals surface area contributed by atoms with Gasteiger partial charge in [-0.1, -0.05) is 0 Å². The van der Waals surface area contributed by atoms with Crippen LogP contribution in [0.2, 0.25) is 0 Å². The van der Waals surface area contributed by atoms with E-state index in [2.05, 4.69) is 4.98 Å². The third kappa shape index (κ3) is 1.64. The summed E-state index contributed by atoms with van der Waals surface area (Å²) in [5, 5.41) is 8.91. The molecule has 1 aliphatic rings. The smallest absolute Gasteiger partial charge is 0.335 e. The summed E-state index contributed by atoms with van der Waals surface area (Å²) in [7, 11) is -0.842. The zero-order valence-electron chi connectivity index (χ0n) is 8.92. The van der Waals surface area contributed by atoms with Gasteiger partial charge in [0.15, 0.2) is 0 Å². The van der Waals surface area contributed by atoms with Gasteiger partial charge in [0.05, 0.1) is 22.3 Å². The van der Waals surface area contributed by atoms with E-state index in [-0.39, 0.29) is 5.56 Å². The van der Waals surface area contributed by atoms with Gasteiger partial charge in [-0.3, -0.25) is 4.21 Å². The van der Waals surface area contributed by atoms with Gasteiger partial charge in [-0.25, -0.2) is 9.78 Å². The van der Waals surface area contributed by atoms with Crippen molar-refractivity contribution in [1.82, 2.24) is 9.55 Å². The standard InChI is InChI=1S/C11H10N2O3S/c14-11(15)7-1-2-9-8(5-7)12-10-6-17(16)4-3-13(9)10/h1-2,5H,3-4,6H2,(H,14,15). The maximum atomic E-state index is 11.4. The Morgan fingerprint density at radius 2 is 2.29 bits per heavy atom. The Morgan fingerprint density at radius 3 is 3.06 bits per heavy atom. The monoisotopic (exact) mass is 250 g/mol. The molecule has 5 nitrogen and oxygen atoms in total. The lowest BCUT2D eigenvalue weighted by atomic mass is 10.2. The van der Waals surface area contributed by atoms with Gasteiger partial charge in [0.2, 0.25) is 0 Å². The molecule has 17 heavy (non-hydrogen) atoms. The van der Waals surface area contributed by atoms with Crippen LogP contribution >= 0.6 is 0 Å². The van der Waals surface area contributed by atoms with Crippen LogP contribution in [0.4, 0.5) is 0 Å². The van der Waals surface area contributed by atoms with Gasteiger partial charge in [-0.05, 0) is 18.2 Å². The first kappa shape index (κ1) is 10.5. The van der Waals surface area contributed by atoms with E-state index < -0.39 is 16.8 Å². The molecule has 0 bridgehead atoms. The molecule has 1 unspecified atom stereocenters. The van der Waals surface area contributed by atoms with Crippen molar-refractivity contribution in [2.24, 2.45) is 0 Å².